The van der Waals surface area contributed by atoms with E-state index in [0.29, 0.717) is 5.88 Å². The minimum Gasteiger partial charge on any atom is -0.481 e. The Morgan fingerprint density at radius 1 is 0.850 bits per heavy atom. The highest BCUT2D eigenvalue weighted by Gasteiger charge is 1.95. The van der Waals surface area contributed by atoms with Crippen LogP contribution >= 0.6 is 0 Å². The molecular formula is C18H15NO. The van der Waals surface area contributed by atoms with Crippen LogP contribution in [0.4, 0.5) is 0 Å². The van der Waals surface area contributed by atoms with Gasteiger partial charge in [-0.25, -0.2) is 4.98 Å². The second-order valence-corrected chi connectivity index (χ2v) is 4.54. The lowest BCUT2D eigenvalue weighted by Gasteiger charge is -2.00. The van der Waals surface area contributed by atoms with Crippen molar-refractivity contribution in [1.82, 2.24) is 4.98 Å². The van der Waals surface area contributed by atoms with Gasteiger partial charge in [-0.2, -0.15) is 0 Å². The van der Waals surface area contributed by atoms with E-state index in [9.17, 15) is 0 Å². The SMILES string of the molecule is COc1cccc(/C=C/c2ccc3ccccc3c2)n1. The van der Waals surface area contributed by atoms with Gasteiger partial charge in [-0.1, -0.05) is 48.5 Å². The molecule has 1 aromatic heterocycles. The first-order valence-corrected chi connectivity index (χ1v) is 6.53. The van der Waals surface area contributed by atoms with Crippen LogP contribution in [0.3, 0.4) is 0 Å². The fourth-order valence-corrected chi connectivity index (χ4v) is 2.13. The highest BCUT2D eigenvalue weighted by molar-refractivity contribution is 5.85. The molecule has 3 aromatic rings. The van der Waals surface area contributed by atoms with E-state index in [1.807, 2.05) is 24.3 Å². The molecule has 20 heavy (non-hydrogen) atoms. The molecule has 0 fully saturated rings. The van der Waals surface area contributed by atoms with Crippen LogP contribution in [0.2, 0.25) is 0 Å². The molecule has 2 aromatic carbocycles. The van der Waals surface area contributed by atoms with Gasteiger partial charge in [0.05, 0.1) is 12.8 Å². The third kappa shape index (κ3) is 2.69. The number of ether oxygens (including phenoxy) is 1. The Kier molecular flexibility index (Phi) is 3.46. The molecule has 0 aliphatic rings. The largest absolute Gasteiger partial charge is 0.481 e. The van der Waals surface area contributed by atoms with Crippen LogP contribution < -0.4 is 4.74 Å². The van der Waals surface area contributed by atoms with Crippen molar-refractivity contribution < 1.29 is 4.74 Å². The highest BCUT2D eigenvalue weighted by Crippen LogP contribution is 2.17. The number of rotatable bonds is 3. The first-order chi connectivity index (χ1) is 9.85. The van der Waals surface area contributed by atoms with Crippen LogP contribution in [0.25, 0.3) is 22.9 Å². The Balaban J connectivity index is 1.89. The summed E-state index contributed by atoms with van der Waals surface area (Å²) in [4.78, 5) is 4.36. The molecule has 0 aliphatic carbocycles. The number of nitrogens with zero attached hydrogens (tertiary/aromatic N) is 1. The molecule has 0 aliphatic heterocycles. The molecule has 0 saturated carbocycles. The summed E-state index contributed by atoms with van der Waals surface area (Å²) in [5, 5.41) is 2.50. The number of pyridine rings is 1. The predicted octanol–water partition coefficient (Wildman–Crippen LogP) is 4.41. The van der Waals surface area contributed by atoms with E-state index < -0.39 is 0 Å². The lowest BCUT2D eigenvalue weighted by atomic mass is 10.1. The van der Waals surface area contributed by atoms with Gasteiger partial charge in [-0.3, -0.25) is 0 Å². The van der Waals surface area contributed by atoms with E-state index in [-0.39, 0.29) is 0 Å². The van der Waals surface area contributed by atoms with Gasteiger partial charge in [0.25, 0.3) is 0 Å². The van der Waals surface area contributed by atoms with Crippen molar-refractivity contribution in [2.45, 2.75) is 0 Å². The molecule has 0 atom stereocenters. The fraction of sp³-hybridized carbons (Fsp3) is 0.0556. The van der Waals surface area contributed by atoms with Crippen molar-refractivity contribution in [1.29, 1.82) is 0 Å². The van der Waals surface area contributed by atoms with Crippen LogP contribution in [-0.2, 0) is 0 Å². The minimum absolute atomic E-state index is 0.630. The lowest BCUT2D eigenvalue weighted by Crippen LogP contribution is -1.88. The summed E-state index contributed by atoms with van der Waals surface area (Å²) >= 11 is 0. The van der Waals surface area contributed by atoms with E-state index in [4.69, 9.17) is 4.74 Å². The molecule has 1 heterocycles. The van der Waals surface area contributed by atoms with E-state index >= 15 is 0 Å². The van der Waals surface area contributed by atoms with Crippen LogP contribution in [-0.4, -0.2) is 12.1 Å². The van der Waals surface area contributed by atoms with Crippen LogP contribution in [0.15, 0.2) is 60.7 Å². The number of hydrogen-bond acceptors (Lipinski definition) is 2. The zero-order chi connectivity index (χ0) is 13.8. The zero-order valence-corrected chi connectivity index (χ0v) is 11.3. The quantitative estimate of drug-likeness (QED) is 0.696. The number of methoxy groups -OCH3 is 1. The maximum atomic E-state index is 5.12. The van der Waals surface area contributed by atoms with Gasteiger partial charge in [0.15, 0.2) is 0 Å². The zero-order valence-electron chi connectivity index (χ0n) is 11.3. The van der Waals surface area contributed by atoms with Crippen molar-refractivity contribution >= 4 is 22.9 Å². The third-order valence-corrected chi connectivity index (χ3v) is 3.17. The smallest absolute Gasteiger partial charge is 0.213 e. The van der Waals surface area contributed by atoms with E-state index in [1.165, 1.54) is 10.8 Å². The average molecular weight is 261 g/mol. The topological polar surface area (TPSA) is 22.1 Å². The standard InChI is InChI=1S/C18H15NO/c1-20-18-8-4-7-17(19-18)12-10-14-9-11-15-5-2-3-6-16(15)13-14/h2-13H,1H3/b12-10+. The number of fused-ring (bicyclic) bond motifs is 1. The first-order valence-electron chi connectivity index (χ1n) is 6.53. The second-order valence-electron chi connectivity index (χ2n) is 4.54. The highest BCUT2D eigenvalue weighted by atomic mass is 16.5. The molecule has 0 radical (unpaired) electrons. The van der Waals surface area contributed by atoms with E-state index in [1.54, 1.807) is 7.11 Å². The Bertz CT molecular complexity index is 762. The molecular weight excluding hydrogens is 246 g/mol. The summed E-state index contributed by atoms with van der Waals surface area (Å²) in [5.74, 6) is 0.630. The second kappa shape index (κ2) is 5.57. The molecule has 0 saturated heterocycles. The summed E-state index contributed by atoms with van der Waals surface area (Å²) in [6, 6.07) is 20.5. The summed E-state index contributed by atoms with van der Waals surface area (Å²) in [5.41, 5.74) is 2.05. The van der Waals surface area contributed by atoms with Crippen molar-refractivity contribution in [3.63, 3.8) is 0 Å². The van der Waals surface area contributed by atoms with Gasteiger partial charge in [0, 0.05) is 6.07 Å². The number of hydrogen-bond donors (Lipinski definition) is 0. The van der Waals surface area contributed by atoms with Crippen molar-refractivity contribution in [3.05, 3.63) is 71.9 Å². The molecule has 98 valence electrons. The van der Waals surface area contributed by atoms with Gasteiger partial charge in [0.2, 0.25) is 5.88 Å². The summed E-state index contributed by atoms with van der Waals surface area (Å²) in [6.45, 7) is 0. The van der Waals surface area contributed by atoms with Crippen molar-refractivity contribution in [2.24, 2.45) is 0 Å². The summed E-state index contributed by atoms with van der Waals surface area (Å²) < 4.78 is 5.12. The Labute approximate surface area is 118 Å². The molecule has 0 unspecified atom stereocenters. The third-order valence-electron chi connectivity index (χ3n) is 3.17. The summed E-state index contributed by atoms with van der Waals surface area (Å²) in [7, 11) is 1.62. The van der Waals surface area contributed by atoms with Crippen LogP contribution in [0.1, 0.15) is 11.3 Å². The van der Waals surface area contributed by atoms with E-state index in [0.717, 1.165) is 11.3 Å². The fourth-order valence-electron chi connectivity index (χ4n) is 2.13. The predicted molar refractivity (Wildman–Crippen MR) is 83.7 cm³/mol. The Morgan fingerprint density at radius 3 is 2.55 bits per heavy atom. The van der Waals surface area contributed by atoms with Gasteiger partial charge in [0.1, 0.15) is 0 Å². The average Bonchev–Trinajstić information content (AvgIpc) is 2.53. The summed E-state index contributed by atoms with van der Waals surface area (Å²) in [6.07, 6.45) is 4.06. The molecule has 0 N–H and O–H groups in total. The Hall–Kier alpha value is -2.61. The Morgan fingerprint density at radius 2 is 1.70 bits per heavy atom. The number of benzene rings is 2. The van der Waals surface area contributed by atoms with Crippen LogP contribution in [0.5, 0.6) is 5.88 Å². The molecule has 2 nitrogen and oxygen atoms in total. The van der Waals surface area contributed by atoms with Gasteiger partial charge < -0.3 is 4.74 Å². The molecule has 0 bridgehead atoms. The molecule has 0 spiro atoms. The van der Waals surface area contributed by atoms with E-state index in [2.05, 4.69) is 53.5 Å². The van der Waals surface area contributed by atoms with Crippen LogP contribution in [0, 0.1) is 0 Å². The van der Waals surface area contributed by atoms with Gasteiger partial charge in [-0.15, -0.1) is 0 Å². The number of aromatic nitrogens is 1. The van der Waals surface area contributed by atoms with Gasteiger partial charge >= 0.3 is 0 Å². The monoisotopic (exact) mass is 261 g/mol. The molecule has 2 heteroatoms. The maximum Gasteiger partial charge on any atom is 0.213 e. The van der Waals surface area contributed by atoms with Gasteiger partial charge in [-0.05, 0) is 34.5 Å². The minimum atomic E-state index is 0.630. The lowest BCUT2D eigenvalue weighted by molar-refractivity contribution is 0.397. The van der Waals surface area contributed by atoms with Crippen molar-refractivity contribution in [2.75, 3.05) is 7.11 Å². The van der Waals surface area contributed by atoms with Crippen molar-refractivity contribution in [3.8, 4) is 5.88 Å². The first kappa shape index (κ1) is 12.4. The molecule has 0 amide bonds. The normalized spacial score (nSPS) is 11.1. The maximum absolute atomic E-state index is 5.12. The molecule has 3 rings (SSSR count).